The first-order chi connectivity index (χ1) is 16.6. The minimum Gasteiger partial charge on any atom is -0.381 e. The van der Waals surface area contributed by atoms with E-state index in [0.717, 1.165) is 64.1 Å². The van der Waals surface area contributed by atoms with Crippen LogP contribution in [0.2, 0.25) is 0 Å². The molecule has 8 heteroatoms. The topological polar surface area (TPSA) is 89.7 Å². The van der Waals surface area contributed by atoms with E-state index in [4.69, 9.17) is 4.74 Å². The predicted octanol–water partition coefficient (Wildman–Crippen LogP) is 3.53. The van der Waals surface area contributed by atoms with Crippen molar-refractivity contribution < 1.29 is 9.53 Å². The Labute approximate surface area is 201 Å². The molecule has 0 atom stereocenters. The zero-order chi connectivity index (χ0) is 23.9. The third-order valence-electron chi connectivity index (χ3n) is 6.96. The molecule has 0 spiro atoms. The molecule has 2 fully saturated rings. The van der Waals surface area contributed by atoms with E-state index in [9.17, 15) is 9.59 Å². The monoisotopic (exact) mass is 467 g/mol. The van der Waals surface area contributed by atoms with Crippen molar-refractivity contribution in [2.45, 2.75) is 51.2 Å². The molecule has 1 aromatic carbocycles. The Hall–Kier alpha value is -2.84. The first-order valence-corrected chi connectivity index (χ1v) is 12.5. The van der Waals surface area contributed by atoms with Gasteiger partial charge >= 0.3 is 0 Å². The fourth-order valence-electron chi connectivity index (χ4n) is 4.98. The zero-order valence-corrected chi connectivity index (χ0v) is 20.3. The summed E-state index contributed by atoms with van der Waals surface area (Å²) in [6.07, 6.45) is 6.89. The molecule has 4 rings (SSSR count). The van der Waals surface area contributed by atoms with Crippen molar-refractivity contribution in [2.75, 3.05) is 55.4 Å². The number of ether oxygens (including phenoxy) is 1. The third kappa shape index (κ3) is 5.98. The van der Waals surface area contributed by atoms with Gasteiger partial charge < -0.3 is 25.3 Å². The molecule has 2 heterocycles. The molecule has 34 heavy (non-hydrogen) atoms. The van der Waals surface area contributed by atoms with E-state index < -0.39 is 11.5 Å². The van der Waals surface area contributed by atoms with Crippen molar-refractivity contribution in [3.8, 4) is 0 Å². The van der Waals surface area contributed by atoms with Gasteiger partial charge in [0.15, 0.2) is 0 Å². The number of aromatic amines is 1. The summed E-state index contributed by atoms with van der Waals surface area (Å²) in [6, 6.07) is 9.86. The number of nitrogens with zero attached hydrogens (tertiary/aromatic N) is 2. The van der Waals surface area contributed by atoms with Crippen LogP contribution in [0.5, 0.6) is 0 Å². The van der Waals surface area contributed by atoms with Crippen LogP contribution in [-0.2, 0) is 4.74 Å². The summed E-state index contributed by atoms with van der Waals surface area (Å²) >= 11 is 0. The number of benzene rings is 1. The van der Waals surface area contributed by atoms with Gasteiger partial charge in [-0.25, -0.2) is 0 Å². The standard InChI is InChI=1S/C26H37N5O3/c1-3-14-30-15-17-31(18-16-30)21-8-4-20(5-9-21)29-26(33)24-23(12-13-27-25(24)32)28-19-6-10-22(34-2)11-7-19/h4-5,8-9,12-13,19,22H,3,6-7,10-11,14-18H2,1-2H3,(H,29,33)(H2,27,28,32). The SMILES string of the molecule is CCCN1CCN(c2ccc(NC(=O)c3c(NC4CCC(OC)CC4)cc[nH]c3=O)cc2)CC1. The van der Waals surface area contributed by atoms with Gasteiger partial charge in [-0.1, -0.05) is 6.92 Å². The second-order valence-electron chi connectivity index (χ2n) is 9.28. The number of anilines is 3. The zero-order valence-electron chi connectivity index (χ0n) is 20.3. The lowest BCUT2D eigenvalue weighted by molar-refractivity contribution is 0.0681. The number of pyridine rings is 1. The lowest BCUT2D eigenvalue weighted by Gasteiger charge is -2.36. The number of hydrogen-bond donors (Lipinski definition) is 3. The summed E-state index contributed by atoms with van der Waals surface area (Å²) in [5, 5.41) is 6.32. The van der Waals surface area contributed by atoms with E-state index in [0.29, 0.717) is 17.5 Å². The molecule has 1 saturated heterocycles. The number of piperazine rings is 1. The van der Waals surface area contributed by atoms with Gasteiger partial charge in [0, 0.05) is 56.9 Å². The average Bonchev–Trinajstić information content (AvgIpc) is 2.86. The Balaban J connectivity index is 1.38. The fraction of sp³-hybridized carbons (Fsp3) is 0.538. The second-order valence-corrected chi connectivity index (χ2v) is 9.28. The summed E-state index contributed by atoms with van der Waals surface area (Å²) in [4.78, 5) is 33.1. The van der Waals surface area contributed by atoms with Gasteiger partial charge in [-0.3, -0.25) is 14.5 Å². The summed E-state index contributed by atoms with van der Waals surface area (Å²) < 4.78 is 5.45. The first kappa shape index (κ1) is 24.3. The molecule has 184 valence electrons. The highest BCUT2D eigenvalue weighted by molar-refractivity contribution is 6.07. The molecule has 1 aliphatic heterocycles. The van der Waals surface area contributed by atoms with Crippen molar-refractivity contribution in [1.29, 1.82) is 0 Å². The molecule has 1 aliphatic carbocycles. The van der Waals surface area contributed by atoms with Gasteiger partial charge in [-0.05, 0) is 69.0 Å². The fourth-order valence-corrected chi connectivity index (χ4v) is 4.98. The Morgan fingerprint density at radius 3 is 2.41 bits per heavy atom. The maximum Gasteiger partial charge on any atom is 0.263 e. The minimum absolute atomic E-state index is 0.118. The molecule has 0 radical (unpaired) electrons. The molecule has 0 bridgehead atoms. The van der Waals surface area contributed by atoms with Crippen LogP contribution in [-0.4, -0.2) is 67.8 Å². The van der Waals surface area contributed by atoms with Crippen LogP contribution in [0.25, 0.3) is 0 Å². The molecule has 1 amide bonds. The lowest BCUT2D eigenvalue weighted by Crippen LogP contribution is -2.46. The maximum absolute atomic E-state index is 13.1. The van der Waals surface area contributed by atoms with Crippen molar-refractivity contribution in [3.05, 3.63) is 52.4 Å². The maximum atomic E-state index is 13.1. The first-order valence-electron chi connectivity index (χ1n) is 12.5. The summed E-state index contributed by atoms with van der Waals surface area (Å²) in [5.41, 5.74) is 2.12. The second kappa shape index (κ2) is 11.5. The van der Waals surface area contributed by atoms with Crippen LogP contribution in [0, 0.1) is 0 Å². The van der Waals surface area contributed by atoms with Crippen LogP contribution in [0.4, 0.5) is 17.1 Å². The molecule has 2 aliphatic rings. The van der Waals surface area contributed by atoms with Crippen molar-refractivity contribution in [1.82, 2.24) is 9.88 Å². The van der Waals surface area contributed by atoms with Crippen LogP contribution in [0.1, 0.15) is 49.4 Å². The number of carbonyl (C=O) groups is 1. The van der Waals surface area contributed by atoms with E-state index in [1.165, 1.54) is 6.42 Å². The number of carbonyl (C=O) groups excluding carboxylic acids is 1. The van der Waals surface area contributed by atoms with E-state index in [-0.39, 0.29) is 11.6 Å². The third-order valence-corrected chi connectivity index (χ3v) is 6.96. The molecule has 1 aromatic heterocycles. The van der Waals surface area contributed by atoms with Gasteiger partial charge in [0.2, 0.25) is 0 Å². The van der Waals surface area contributed by atoms with Gasteiger partial charge in [-0.15, -0.1) is 0 Å². The Morgan fingerprint density at radius 1 is 1.06 bits per heavy atom. The van der Waals surface area contributed by atoms with E-state index in [1.807, 2.05) is 24.3 Å². The quantitative estimate of drug-likeness (QED) is 0.550. The highest BCUT2D eigenvalue weighted by Crippen LogP contribution is 2.25. The highest BCUT2D eigenvalue weighted by atomic mass is 16.5. The molecule has 1 saturated carbocycles. The largest absolute Gasteiger partial charge is 0.381 e. The lowest BCUT2D eigenvalue weighted by atomic mass is 9.92. The van der Waals surface area contributed by atoms with E-state index >= 15 is 0 Å². The number of rotatable bonds is 8. The van der Waals surface area contributed by atoms with Gasteiger partial charge in [0.1, 0.15) is 5.56 Å². The molecule has 0 unspecified atom stereocenters. The van der Waals surface area contributed by atoms with Gasteiger partial charge in [-0.2, -0.15) is 0 Å². The van der Waals surface area contributed by atoms with Crippen LogP contribution in [0.15, 0.2) is 41.3 Å². The smallest absolute Gasteiger partial charge is 0.263 e. The average molecular weight is 468 g/mol. The Kier molecular flexibility index (Phi) is 8.24. The molecular weight excluding hydrogens is 430 g/mol. The Morgan fingerprint density at radius 2 is 1.76 bits per heavy atom. The Bertz CT molecular complexity index is 990. The van der Waals surface area contributed by atoms with E-state index in [2.05, 4.69) is 32.3 Å². The van der Waals surface area contributed by atoms with Crippen LogP contribution in [0.3, 0.4) is 0 Å². The number of H-pyrrole nitrogens is 1. The van der Waals surface area contributed by atoms with Gasteiger partial charge in [0.05, 0.1) is 11.8 Å². The number of methoxy groups -OCH3 is 1. The van der Waals surface area contributed by atoms with Crippen molar-refractivity contribution in [3.63, 3.8) is 0 Å². The minimum atomic E-state index is -0.407. The number of hydrogen-bond acceptors (Lipinski definition) is 6. The number of amides is 1. The summed E-state index contributed by atoms with van der Waals surface area (Å²) in [5.74, 6) is -0.407. The molecule has 2 aromatic rings. The summed E-state index contributed by atoms with van der Waals surface area (Å²) in [7, 11) is 1.75. The number of aromatic nitrogens is 1. The number of nitrogens with one attached hydrogen (secondary N) is 3. The van der Waals surface area contributed by atoms with Crippen molar-refractivity contribution >= 4 is 23.0 Å². The molecular formula is C26H37N5O3. The van der Waals surface area contributed by atoms with Gasteiger partial charge in [0.25, 0.3) is 11.5 Å². The summed E-state index contributed by atoms with van der Waals surface area (Å²) in [6.45, 7) is 7.54. The predicted molar refractivity (Wildman–Crippen MR) is 137 cm³/mol. The van der Waals surface area contributed by atoms with Crippen LogP contribution >= 0.6 is 0 Å². The highest BCUT2D eigenvalue weighted by Gasteiger charge is 2.24. The molecule has 8 nitrogen and oxygen atoms in total. The molecule has 3 N–H and O–H groups in total. The van der Waals surface area contributed by atoms with E-state index in [1.54, 1.807) is 19.4 Å². The normalized spacial score (nSPS) is 21.3. The van der Waals surface area contributed by atoms with Crippen molar-refractivity contribution in [2.24, 2.45) is 0 Å². The van der Waals surface area contributed by atoms with Crippen LogP contribution < -0.4 is 21.1 Å².